The normalized spacial score (nSPS) is 19.4. The van der Waals surface area contributed by atoms with Gasteiger partial charge in [-0.1, -0.05) is 12.1 Å². The van der Waals surface area contributed by atoms with E-state index in [1.54, 1.807) is 7.11 Å². The topological polar surface area (TPSA) is 49.4 Å². The lowest BCUT2D eigenvalue weighted by molar-refractivity contribution is -0.311. The van der Waals surface area contributed by atoms with Gasteiger partial charge in [-0.15, -0.1) is 0 Å². The number of benzene rings is 1. The summed E-state index contributed by atoms with van der Waals surface area (Å²) in [6.45, 7) is 0. The highest BCUT2D eigenvalue weighted by Crippen LogP contribution is 2.31. The Hall–Kier alpha value is -1.51. The molecule has 0 bridgehead atoms. The quantitative estimate of drug-likeness (QED) is 0.708. The molecule has 0 fully saturated rings. The summed E-state index contributed by atoms with van der Waals surface area (Å²) in [6.07, 6.45) is 2.00. The number of hydrogen-bond acceptors (Lipinski definition) is 3. The fraction of sp³-hybridized carbons (Fsp3) is 0.417. The van der Waals surface area contributed by atoms with Crippen molar-refractivity contribution in [3.8, 4) is 5.75 Å². The molecule has 1 aliphatic rings. The molecular weight excluding hydrogens is 192 g/mol. The second-order valence-corrected chi connectivity index (χ2v) is 3.86. The lowest BCUT2D eigenvalue weighted by Crippen LogP contribution is -2.34. The van der Waals surface area contributed by atoms with Gasteiger partial charge in [0.15, 0.2) is 0 Å². The zero-order valence-electron chi connectivity index (χ0n) is 8.66. The van der Waals surface area contributed by atoms with Gasteiger partial charge in [0.05, 0.1) is 7.11 Å². The molecule has 0 saturated heterocycles. The number of aliphatic carboxylic acids is 1. The van der Waals surface area contributed by atoms with E-state index < -0.39 is 5.97 Å². The molecule has 1 aliphatic carbocycles. The van der Waals surface area contributed by atoms with E-state index in [9.17, 15) is 9.90 Å². The van der Waals surface area contributed by atoms with Gasteiger partial charge in [0, 0.05) is 11.9 Å². The molecule has 0 radical (unpaired) electrons. The molecule has 0 heterocycles. The Labute approximate surface area is 88.7 Å². The number of carboxylic acid groups (broad SMARTS) is 1. The molecule has 1 atom stereocenters. The van der Waals surface area contributed by atoms with Crippen LogP contribution < -0.4 is 9.84 Å². The van der Waals surface area contributed by atoms with Gasteiger partial charge < -0.3 is 14.6 Å². The molecule has 1 aromatic carbocycles. The molecule has 1 aromatic rings. The highest BCUT2D eigenvalue weighted by Gasteiger charge is 2.21. The number of aryl methyl sites for hydroxylation is 1. The maximum Gasteiger partial charge on any atom is 0.122 e. The fourth-order valence-corrected chi connectivity index (χ4v) is 2.15. The predicted molar refractivity (Wildman–Crippen MR) is 53.5 cm³/mol. The van der Waals surface area contributed by atoms with Crippen LogP contribution in [0.1, 0.15) is 17.5 Å². The van der Waals surface area contributed by atoms with Gasteiger partial charge in [0.2, 0.25) is 0 Å². The number of carbonyl (C=O) groups is 1. The molecule has 0 aliphatic heterocycles. The molecule has 0 N–H and O–H groups in total. The van der Waals surface area contributed by atoms with Crippen LogP contribution >= 0.6 is 0 Å². The van der Waals surface area contributed by atoms with Crippen molar-refractivity contribution in [2.75, 3.05) is 7.11 Å². The molecular formula is C12H13O3-. The number of rotatable bonds is 2. The van der Waals surface area contributed by atoms with Crippen LogP contribution in [0.5, 0.6) is 5.75 Å². The number of fused-ring (bicyclic) bond motifs is 1. The van der Waals surface area contributed by atoms with E-state index >= 15 is 0 Å². The highest BCUT2D eigenvalue weighted by atomic mass is 16.5. The third-order valence-electron chi connectivity index (χ3n) is 3.00. The molecule has 15 heavy (non-hydrogen) atoms. The molecule has 0 aromatic heterocycles. The van der Waals surface area contributed by atoms with Crippen LogP contribution in [-0.2, 0) is 17.6 Å². The summed E-state index contributed by atoms with van der Waals surface area (Å²) in [4.78, 5) is 10.8. The lowest BCUT2D eigenvalue weighted by Gasteiger charge is -2.26. The van der Waals surface area contributed by atoms with Gasteiger partial charge in [0.25, 0.3) is 0 Å². The monoisotopic (exact) mass is 205 g/mol. The van der Waals surface area contributed by atoms with Crippen molar-refractivity contribution in [3.63, 3.8) is 0 Å². The summed E-state index contributed by atoms with van der Waals surface area (Å²) >= 11 is 0. The van der Waals surface area contributed by atoms with E-state index in [1.165, 1.54) is 5.56 Å². The van der Waals surface area contributed by atoms with E-state index in [4.69, 9.17) is 4.74 Å². The van der Waals surface area contributed by atoms with Gasteiger partial charge in [-0.2, -0.15) is 0 Å². The molecule has 0 spiro atoms. The summed E-state index contributed by atoms with van der Waals surface area (Å²) in [7, 11) is 1.61. The van der Waals surface area contributed by atoms with Crippen LogP contribution in [0.2, 0.25) is 0 Å². The maximum atomic E-state index is 10.8. The summed E-state index contributed by atoms with van der Waals surface area (Å²) in [5.41, 5.74) is 2.23. The summed E-state index contributed by atoms with van der Waals surface area (Å²) in [5, 5.41) is 10.8. The molecule has 3 nitrogen and oxygen atoms in total. The van der Waals surface area contributed by atoms with Crippen LogP contribution in [0.4, 0.5) is 0 Å². The Bertz CT molecular complexity index is 370. The van der Waals surface area contributed by atoms with Gasteiger partial charge >= 0.3 is 0 Å². The van der Waals surface area contributed by atoms with Crippen molar-refractivity contribution in [3.05, 3.63) is 29.3 Å². The van der Waals surface area contributed by atoms with Crippen LogP contribution in [0.25, 0.3) is 0 Å². The van der Waals surface area contributed by atoms with Crippen molar-refractivity contribution in [2.24, 2.45) is 5.92 Å². The van der Waals surface area contributed by atoms with Crippen molar-refractivity contribution >= 4 is 5.97 Å². The predicted octanol–water partition coefficient (Wildman–Crippen LogP) is 0.550. The first-order valence-electron chi connectivity index (χ1n) is 5.08. The average molecular weight is 205 g/mol. The van der Waals surface area contributed by atoms with E-state index in [2.05, 4.69) is 0 Å². The second-order valence-electron chi connectivity index (χ2n) is 3.86. The minimum atomic E-state index is -0.952. The van der Waals surface area contributed by atoms with Crippen LogP contribution in [0.3, 0.4) is 0 Å². The second kappa shape index (κ2) is 3.93. The number of methoxy groups -OCH3 is 1. The van der Waals surface area contributed by atoms with Gasteiger partial charge in [-0.3, -0.25) is 0 Å². The third kappa shape index (κ3) is 1.82. The van der Waals surface area contributed by atoms with Crippen molar-refractivity contribution in [1.82, 2.24) is 0 Å². The van der Waals surface area contributed by atoms with Gasteiger partial charge in [0.1, 0.15) is 5.75 Å². The third-order valence-corrected chi connectivity index (χ3v) is 3.00. The first-order valence-corrected chi connectivity index (χ1v) is 5.08. The van der Waals surface area contributed by atoms with E-state index in [-0.39, 0.29) is 5.92 Å². The summed E-state index contributed by atoms with van der Waals surface area (Å²) in [5.74, 6) is -0.529. The average Bonchev–Trinajstić information content (AvgIpc) is 2.27. The van der Waals surface area contributed by atoms with Crippen LogP contribution in [-0.4, -0.2) is 13.1 Å². The Balaban J connectivity index is 2.34. The number of carbonyl (C=O) groups excluding carboxylic acids is 1. The zero-order chi connectivity index (χ0) is 10.8. The van der Waals surface area contributed by atoms with Crippen LogP contribution in [0, 0.1) is 5.92 Å². The first-order chi connectivity index (χ1) is 7.22. The molecule has 80 valence electrons. The number of ether oxygens (including phenoxy) is 1. The van der Waals surface area contributed by atoms with Gasteiger partial charge in [-0.25, -0.2) is 0 Å². The molecule has 0 amide bonds. The summed E-state index contributed by atoms with van der Waals surface area (Å²) < 4.78 is 5.23. The Morgan fingerprint density at radius 2 is 2.33 bits per heavy atom. The Morgan fingerprint density at radius 1 is 1.53 bits per heavy atom. The standard InChI is InChI=1S/C12H14O3/c1-15-11-4-2-3-8-5-6-9(12(13)14)7-10(8)11/h2-4,9H,5-7H2,1H3,(H,13,14)/p-1/t9-/m0/s1. The van der Waals surface area contributed by atoms with Crippen molar-refractivity contribution in [1.29, 1.82) is 0 Å². The van der Waals surface area contributed by atoms with Crippen molar-refractivity contribution in [2.45, 2.75) is 19.3 Å². The molecule has 0 saturated carbocycles. The van der Waals surface area contributed by atoms with E-state index in [0.29, 0.717) is 12.8 Å². The minimum Gasteiger partial charge on any atom is -0.550 e. The summed E-state index contributed by atoms with van der Waals surface area (Å²) in [6, 6.07) is 5.84. The molecule has 3 heteroatoms. The smallest absolute Gasteiger partial charge is 0.122 e. The van der Waals surface area contributed by atoms with Crippen LogP contribution in [0.15, 0.2) is 18.2 Å². The first kappa shape index (κ1) is 10.0. The molecule has 0 unspecified atom stereocenters. The number of hydrogen-bond donors (Lipinski definition) is 0. The van der Waals surface area contributed by atoms with Gasteiger partial charge in [-0.05, 0) is 36.5 Å². The minimum absolute atomic E-state index is 0.367. The number of carboxylic acids is 1. The Morgan fingerprint density at radius 3 is 3.00 bits per heavy atom. The zero-order valence-corrected chi connectivity index (χ0v) is 8.66. The molecule has 2 rings (SSSR count). The fourth-order valence-electron chi connectivity index (χ4n) is 2.15. The van der Waals surface area contributed by atoms with E-state index in [1.807, 2.05) is 18.2 Å². The Kier molecular flexibility index (Phi) is 2.62. The SMILES string of the molecule is COc1cccc2c1C[C@@H](C(=O)[O-])CC2. The largest absolute Gasteiger partial charge is 0.550 e. The maximum absolute atomic E-state index is 10.8. The van der Waals surface area contributed by atoms with E-state index in [0.717, 1.165) is 17.7 Å². The highest BCUT2D eigenvalue weighted by molar-refractivity contribution is 5.69. The lowest BCUT2D eigenvalue weighted by atomic mass is 9.83. The van der Waals surface area contributed by atoms with Crippen molar-refractivity contribution < 1.29 is 14.6 Å².